The number of piperidine rings is 1. The normalized spacial score (nSPS) is 16.4. The Morgan fingerprint density at radius 2 is 2.21 bits per heavy atom. The van der Waals surface area contributed by atoms with Gasteiger partial charge < -0.3 is 16.0 Å². The summed E-state index contributed by atoms with van der Waals surface area (Å²) < 4.78 is 0.870. The van der Waals surface area contributed by atoms with Crippen LogP contribution in [0.3, 0.4) is 0 Å². The molecule has 1 amide bonds. The van der Waals surface area contributed by atoms with Crippen LogP contribution >= 0.6 is 15.9 Å². The predicted octanol–water partition coefficient (Wildman–Crippen LogP) is 1.37. The smallest absolute Gasteiger partial charge is 0.220 e. The summed E-state index contributed by atoms with van der Waals surface area (Å²) in [6.45, 7) is 4.40. The van der Waals surface area contributed by atoms with Gasteiger partial charge in [-0.15, -0.1) is 0 Å². The minimum atomic E-state index is -0.199. The third kappa shape index (κ3) is 3.15. The first-order valence-corrected chi connectivity index (χ1v) is 7.21. The van der Waals surface area contributed by atoms with E-state index in [0.717, 1.165) is 48.6 Å². The number of hydrogen-bond acceptors (Lipinski definition) is 5. The monoisotopic (exact) mass is 327 g/mol. The van der Waals surface area contributed by atoms with Gasteiger partial charge >= 0.3 is 0 Å². The first kappa shape index (κ1) is 14.0. The molecule has 0 saturated carbocycles. The van der Waals surface area contributed by atoms with Crippen LogP contribution in [-0.2, 0) is 4.79 Å². The molecule has 2 rings (SSSR count). The molecule has 19 heavy (non-hydrogen) atoms. The lowest BCUT2D eigenvalue weighted by molar-refractivity contribution is -0.122. The zero-order valence-electron chi connectivity index (χ0n) is 10.9. The van der Waals surface area contributed by atoms with Crippen LogP contribution in [0.15, 0.2) is 10.8 Å². The van der Waals surface area contributed by atoms with E-state index in [1.165, 1.54) is 0 Å². The van der Waals surface area contributed by atoms with Crippen molar-refractivity contribution in [1.29, 1.82) is 0 Å². The maximum absolute atomic E-state index is 11.2. The largest absolute Gasteiger partial charge is 0.369 e. The molecule has 6 nitrogen and oxygen atoms in total. The molecule has 7 heteroatoms. The van der Waals surface area contributed by atoms with Gasteiger partial charge in [0.15, 0.2) is 0 Å². The number of nitrogens with one attached hydrogen (secondary N) is 1. The Bertz CT molecular complexity index is 459. The second kappa shape index (κ2) is 6.18. The van der Waals surface area contributed by atoms with E-state index in [-0.39, 0.29) is 11.8 Å². The molecule has 0 aromatic carbocycles. The summed E-state index contributed by atoms with van der Waals surface area (Å²) in [4.78, 5) is 21.8. The van der Waals surface area contributed by atoms with Crippen molar-refractivity contribution in [3.8, 4) is 0 Å². The SMILES string of the molecule is CCNc1ncnc(N2CCC(C(N)=O)CC2)c1Br. The number of hydrogen-bond donors (Lipinski definition) is 2. The zero-order chi connectivity index (χ0) is 13.8. The van der Waals surface area contributed by atoms with E-state index in [1.54, 1.807) is 6.33 Å². The van der Waals surface area contributed by atoms with Crippen LogP contribution in [0.2, 0.25) is 0 Å². The average molecular weight is 328 g/mol. The van der Waals surface area contributed by atoms with Gasteiger partial charge in [-0.3, -0.25) is 4.79 Å². The molecular weight excluding hydrogens is 310 g/mol. The van der Waals surface area contributed by atoms with Gasteiger partial charge in [-0.2, -0.15) is 0 Å². The molecule has 1 fully saturated rings. The van der Waals surface area contributed by atoms with Gasteiger partial charge in [0.05, 0.1) is 0 Å². The Balaban J connectivity index is 2.11. The van der Waals surface area contributed by atoms with Crippen molar-refractivity contribution >= 4 is 33.5 Å². The highest BCUT2D eigenvalue weighted by Crippen LogP contribution is 2.31. The van der Waals surface area contributed by atoms with Crippen LogP contribution in [0, 0.1) is 5.92 Å². The summed E-state index contributed by atoms with van der Waals surface area (Å²) in [7, 11) is 0. The Morgan fingerprint density at radius 1 is 1.53 bits per heavy atom. The van der Waals surface area contributed by atoms with Gasteiger partial charge in [0.1, 0.15) is 22.4 Å². The molecule has 0 radical (unpaired) electrons. The Hall–Kier alpha value is -1.37. The molecule has 1 aliphatic rings. The number of carbonyl (C=O) groups excluding carboxylic acids is 1. The summed E-state index contributed by atoms with van der Waals surface area (Å²) in [6.07, 6.45) is 3.11. The summed E-state index contributed by atoms with van der Waals surface area (Å²) in [5.74, 6) is 1.46. The Morgan fingerprint density at radius 3 is 2.79 bits per heavy atom. The molecule has 0 spiro atoms. The molecule has 0 unspecified atom stereocenters. The van der Waals surface area contributed by atoms with Crippen LogP contribution < -0.4 is 16.0 Å². The third-order valence-electron chi connectivity index (χ3n) is 3.31. The highest BCUT2D eigenvalue weighted by molar-refractivity contribution is 9.10. The first-order chi connectivity index (χ1) is 9.13. The number of anilines is 2. The molecule has 104 valence electrons. The molecule has 1 aromatic heterocycles. The van der Waals surface area contributed by atoms with E-state index in [0.29, 0.717) is 0 Å². The number of carbonyl (C=O) groups is 1. The van der Waals surface area contributed by atoms with Gasteiger partial charge in [0.2, 0.25) is 5.91 Å². The van der Waals surface area contributed by atoms with Gasteiger partial charge in [-0.05, 0) is 35.7 Å². The summed E-state index contributed by atoms with van der Waals surface area (Å²) >= 11 is 3.54. The van der Waals surface area contributed by atoms with Crippen molar-refractivity contribution in [2.45, 2.75) is 19.8 Å². The third-order valence-corrected chi connectivity index (χ3v) is 4.04. The molecule has 1 saturated heterocycles. The van der Waals surface area contributed by atoms with Gasteiger partial charge in [0, 0.05) is 25.6 Å². The highest BCUT2D eigenvalue weighted by Gasteiger charge is 2.25. The number of nitrogens with two attached hydrogens (primary N) is 1. The number of rotatable bonds is 4. The van der Waals surface area contributed by atoms with E-state index >= 15 is 0 Å². The van der Waals surface area contributed by atoms with E-state index in [9.17, 15) is 4.79 Å². The fourth-order valence-corrected chi connectivity index (χ4v) is 2.84. The quantitative estimate of drug-likeness (QED) is 0.872. The second-order valence-electron chi connectivity index (χ2n) is 4.55. The summed E-state index contributed by atoms with van der Waals surface area (Å²) in [5.41, 5.74) is 5.34. The molecule has 2 heterocycles. The molecule has 3 N–H and O–H groups in total. The van der Waals surface area contributed by atoms with Crippen molar-refractivity contribution in [2.24, 2.45) is 11.7 Å². The van der Waals surface area contributed by atoms with Crippen molar-refractivity contribution in [3.05, 3.63) is 10.8 Å². The van der Waals surface area contributed by atoms with Gasteiger partial charge in [0.25, 0.3) is 0 Å². The zero-order valence-corrected chi connectivity index (χ0v) is 12.5. The van der Waals surface area contributed by atoms with E-state index in [4.69, 9.17) is 5.73 Å². The number of amides is 1. The highest BCUT2D eigenvalue weighted by atomic mass is 79.9. The molecule has 0 bridgehead atoms. The summed E-state index contributed by atoms with van der Waals surface area (Å²) in [5, 5.41) is 3.18. The minimum Gasteiger partial charge on any atom is -0.369 e. The van der Waals surface area contributed by atoms with Crippen molar-refractivity contribution < 1.29 is 4.79 Å². The van der Waals surface area contributed by atoms with Crippen molar-refractivity contribution in [2.75, 3.05) is 29.9 Å². The molecule has 1 aromatic rings. The lowest BCUT2D eigenvalue weighted by Crippen LogP contribution is -2.39. The molecule has 0 aliphatic carbocycles. The lowest BCUT2D eigenvalue weighted by atomic mass is 9.96. The van der Waals surface area contributed by atoms with Crippen LogP contribution in [0.1, 0.15) is 19.8 Å². The Kier molecular flexibility index (Phi) is 4.57. The number of primary amides is 1. The summed E-state index contributed by atoms with van der Waals surface area (Å²) in [6, 6.07) is 0. The lowest BCUT2D eigenvalue weighted by Gasteiger charge is -2.32. The maximum atomic E-state index is 11.2. The minimum absolute atomic E-state index is 0.00917. The maximum Gasteiger partial charge on any atom is 0.220 e. The number of aromatic nitrogens is 2. The van der Waals surface area contributed by atoms with Crippen LogP contribution in [-0.4, -0.2) is 35.5 Å². The van der Waals surface area contributed by atoms with Crippen LogP contribution in [0.25, 0.3) is 0 Å². The van der Waals surface area contributed by atoms with Crippen molar-refractivity contribution in [1.82, 2.24) is 9.97 Å². The van der Waals surface area contributed by atoms with E-state index in [1.807, 2.05) is 6.92 Å². The van der Waals surface area contributed by atoms with E-state index in [2.05, 4.69) is 36.1 Å². The van der Waals surface area contributed by atoms with Gasteiger partial charge in [-0.1, -0.05) is 0 Å². The van der Waals surface area contributed by atoms with E-state index < -0.39 is 0 Å². The number of nitrogens with zero attached hydrogens (tertiary/aromatic N) is 3. The second-order valence-corrected chi connectivity index (χ2v) is 5.35. The fraction of sp³-hybridized carbons (Fsp3) is 0.583. The fourth-order valence-electron chi connectivity index (χ4n) is 2.25. The predicted molar refractivity (Wildman–Crippen MR) is 78.0 cm³/mol. The average Bonchev–Trinajstić information content (AvgIpc) is 2.41. The molecule has 1 aliphatic heterocycles. The van der Waals surface area contributed by atoms with Crippen LogP contribution in [0.5, 0.6) is 0 Å². The first-order valence-electron chi connectivity index (χ1n) is 6.42. The van der Waals surface area contributed by atoms with Gasteiger partial charge in [-0.25, -0.2) is 9.97 Å². The molecule has 0 atom stereocenters. The standard InChI is InChI=1S/C12H18BrN5O/c1-2-15-11-9(13)12(17-7-16-11)18-5-3-8(4-6-18)10(14)19/h7-8H,2-6H2,1H3,(H2,14,19)(H,15,16,17). The number of halogens is 1. The topological polar surface area (TPSA) is 84.1 Å². The van der Waals surface area contributed by atoms with Crippen LogP contribution in [0.4, 0.5) is 11.6 Å². The van der Waals surface area contributed by atoms with Crippen molar-refractivity contribution in [3.63, 3.8) is 0 Å². The molecular formula is C12H18BrN5O. The Labute approximate surface area is 120 Å².